The minimum atomic E-state index is -0.694. The maximum atomic E-state index is 14.0. The maximum absolute atomic E-state index is 14.0. The third-order valence-corrected chi connectivity index (χ3v) is 7.33. The molecule has 4 rings (SSSR count). The Morgan fingerprint density at radius 1 is 1.05 bits per heavy atom. The first-order chi connectivity index (χ1) is 19.0. The molecular formula is C29H32Cl2FN5O3. The largest absolute Gasteiger partial charge is 0.482 e. The molecule has 1 aromatic heterocycles. The van der Waals surface area contributed by atoms with Gasteiger partial charge in [0.15, 0.2) is 11.6 Å². The number of nitrogens with one attached hydrogen (secondary N) is 1. The van der Waals surface area contributed by atoms with Gasteiger partial charge in [0.25, 0.3) is 5.91 Å². The average molecular weight is 589 g/mol. The van der Waals surface area contributed by atoms with Gasteiger partial charge in [0, 0.05) is 60.1 Å². The van der Waals surface area contributed by atoms with E-state index in [9.17, 15) is 14.0 Å². The van der Waals surface area contributed by atoms with Crippen molar-refractivity contribution in [1.82, 2.24) is 20.1 Å². The zero-order valence-corrected chi connectivity index (χ0v) is 24.1. The highest BCUT2D eigenvalue weighted by molar-refractivity contribution is 6.36. The standard InChI is InChI=1S/C29H32Cl2FN5O3/c1-17(2)35-25(38)16-36-10-12-37(13-11-36)29(39)20-6-4-19(5-7-20)21-14-24(28(33)34-15-21)40-18(3)26-22(30)8-9-23(32)27(26)31/h4-9,14-15,17-18H,10-13,16H2,1-3H3,(H2,33,34)(H,35,38). The monoisotopic (exact) mass is 587 g/mol. The van der Waals surface area contributed by atoms with Crippen LogP contribution >= 0.6 is 23.2 Å². The molecule has 1 atom stereocenters. The highest BCUT2D eigenvalue weighted by atomic mass is 35.5. The van der Waals surface area contributed by atoms with Crippen molar-refractivity contribution in [3.63, 3.8) is 0 Å². The fourth-order valence-electron chi connectivity index (χ4n) is 4.54. The van der Waals surface area contributed by atoms with Crippen molar-refractivity contribution in [2.24, 2.45) is 0 Å². The van der Waals surface area contributed by atoms with Crippen molar-refractivity contribution in [3.8, 4) is 16.9 Å². The molecule has 8 nitrogen and oxygen atoms in total. The van der Waals surface area contributed by atoms with Gasteiger partial charge in [0.05, 0.1) is 11.6 Å². The number of amides is 2. The molecule has 0 aliphatic carbocycles. The summed E-state index contributed by atoms with van der Waals surface area (Å²) in [4.78, 5) is 33.2. The molecule has 0 spiro atoms. The number of halogens is 3. The Morgan fingerprint density at radius 2 is 1.73 bits per heavy atom. The van der Waals surface area contributed by atoms with Gasteiger partial charge in [0.1, 0.15) is 11.9 Å². The van der Waals surface area contributed by atoms with Crippen molar-refractivity contribution in [2.45, 2.75) is 32.9 Å². The van der Waals surface area contributed by atoms with Crippen molar-refractivity contribution in [3.05, 3.63) is 75.7 Å². The number of piperazine rings is 1. The molecule has 1 aliphatic heterocycles. The lowest BCUT2D eigenvalue weighted by Gasteiger charge is -2.34. The first kappa shape index (κ1) is 29.6. The van der Waals surface area contributed by atoms with Gasteiger partial charge in [-0.2, -0.15) is 0 Å². The summed E-state index contributed by atoms with van der Waals surface area (Å²) < 4.78 is 20.0. The molecule has 0 radical (unpaired) electrons. The van der Waals surface area contributed by atoms with E-state index in [1.165, 1.54) is 12.1 Å². The molecule has 212 valence electrons. The summed E-state index contributed by atoms with van der Waals surface area (Å²) in [6.45, 7) is 8.26. The number of nitrogen functional groups attached to an aromatic ring is 1. The van der Waals surface area contributed by atoms with Crippen LogP contribution < -0.4 is 15.8 Å². The fourth-order valence-corrected chi connectivity index (χ4v) is 5.22. The minimum absolute atomic E-state index is 0.00732. The number of rotatable bonds is 8. The number of pyridine rings is 1. The van der Waals surface area contributed by atoms with E-state index in [-0.39, 0.29) is 33.7 Å². The van der Waals surface area contributed by atoms with Crippen molar-refractivity contribution >= 4 is 40.8 Å². The summed E-state index contributed by atoms with van der Waals surface area (Å²) in [6, 6.07) is 11.7. The number of carbonyl (C=O) groups is 2. The molecule has 3 N–H and O–H groups in total. The van der Waals surface area contributed by atoms with E-state index in [0.717, 1.165) is 11.1 Å². The van der Waals surface area contributed by atoms with Crippen LogP contribution in [0.5, 0.6) is 5.75 Å². The highest BCUT2D eigenvalue weighted by Crippen LogP contribution is 2.37. The van der Waals surface area contributed by atoms with E-state index in [2.05, 4.69) is 15.2 Å². The summed E-state index contributed by atoms with van der Waals surface area (Å²) in [5.41, 5.74) is 8.47. The highest BCUT2D eigenvalue weighted by Gasteiger charge is 2.24. The molecule has 11 heteroatoms. The van der Waals surface area contributed by atoms with Gasteiger partial charge in [-0.3, -0.25) is 14.5 Å². The Morgan fingerprint density at radius 3 is 2.38 bits per heavy atom. The molecule has 1 saturated heterocycles. The van der Waals surface area contributed by atoms with E-state index in [1.54, 1.807) is 36.2 Å². The van der Waals surface area contributed by atoms with Gasteiger partial charge >= 0.3 is 0 Å². The van der Waals surface area contributed by atoms with Crippen molar-refractivity contribution < 1.29 is 18.7 Å². The van der Waals surface area contributed by atoms with Gasteiger partial charge in [-0.05, 0) is 56.7 Å². The number of nitrogens with two attached hydrogens (primary N) is 1. The molecule has 1 fully saturated rings. The van der Waals surface area contributed by atoms with Gasteiger partial charge in [-0.15, -0.1) is 0 Å². The van der Waals surface area contributed by atoms with Crippen LogP contribution in [0.2, 0.25) is 10.0 Å². The molecule has 2 heterocycles. The second-order valence-electron chi connectivity index (χ2n) is 9.99. The average Bonchev–Trinajstić information content (AvgIpc) is 2.92. The summed E-state index contributed by atoms with van der Waals surface area (Å²) in [5.74, 6) is -0.211. The zero-order chi connectivity index (χ0) is 29.0. The van der Waals surface area contributed by atoms with Gasteiger partial charge < -0.3 is 20.7 Å². The molecule has 1 aliphatic rings. The SMILES string of the molecule is CC(C)NC(=O)CN1CCN(C(=O)c2ccc(-c3cnc(N)c(OC(C)c4c(Cl)ccc(F)c4Cl)c3)cc2)CC1. The predicted molar refractivity (Wildman–Crippen MR) is 155 cm³/mol. The molecule has 40 heavy (non-hydrogen) atoms. The van der Waals surface area contributed by atoms with E-state index in [4.69, 9.17) is 33.7 Å². The number of benzene rings is 2. The first-order valence-corrected chi connectivity index (χ1v) is 13.8. The van der Waals surface area contributed by atoms with Crippen LogP contribution in [0.25, 0.3) is 11.1 Å². The number of hydrogen-bond acceptors (Lipinski definition) is 6. The number of aromatic nitrogens is 1. The molecule has 1 unspecified atom stereocenters. The number of nitrogens with zero attached hydrogens (tertiary/aromatic N) is 3. The second-order valence-corrected chi connectivity index (χ2v) is 10.8. The molecule has 3 aromatic rings. The Bertz CT molecular complexity index is 1380. The molecular weight excluding hydrogens is 556 g/mol. The van der Waals surface area contributed by atoms with E-state index >= 15 is 0 Å². The Hall–Kier alpha value is -3.40. The zero-order valence-electron chi connectivity index (χ0n) is 22.6. The predicted octanol–water partition coefficient (Wildman–Crippen LogP) is 5.20. The fraction of sp³-hybridized carbons (Fsp3) is 0.345. The summed E-state index contributed by atoms with van der Waals surface area (Å²) in [7, 11) is 0. The third-order valence-electron chi connectivity index (χ3n) is 6.61. The van der Waals surface area contributed by atoms with Crippen LogP contribution in [0.3, 0.4) is 0 Å². The van der Waals surface area contributed by atoms with Gasteiger partial charge in [0.2, 0.25) is 5.91 Å². The van der Waals surface area contributed by atoms with Gasteiger partial charge in [-0.25, -0.2) is 9.37 Å². The molecule has 0 saturated carbocycles. The molecule has 2 aromatic carbocycles. The maximum Gasteiger partial charge on any atom is 0.253 e. The number of hydrogen-bond donors (Lipinski definition) is 2. The van der Waals surface area contributed by atoms with Crippen molar-refractivity contribution in [1.29, 1.82) is 0 Å². The lowest BCUT2D eigenvalue weighted by molar-refractivity contribution is -0.123. The number of carbonyl (C=O) groups excluding carboxylic acids is 2. The normalized spacial score (nSPS) is 14.7. The second kappa shape index (κ2) is 12.8. The molecule has 0 bridgehead atoms. The Balaban J connectivity index is 1.41. The van der Waals surface area contributed by atoms with Crippen LogP contribution in [0, 0.1) is 5.82 Å². The lowest BCUT2D eigenvalue weighted by atomic mass is 10.0. The van der Waals surface area contributed by atoms with Crippen LogP contribution in [-0.2, 0) is 4.79 Å². The number of ether oxygens (including phenoxy) is 1. The summed E-state index contributed by atoms with van der Waals surface area (Å²) >= 11 is 12.4. The quantitative estimate of drug-likeness (QED) is 0.351. The minimum Gasteiger partial charge on any atom is -0.482 e. The topological polar surface area (TPSA) is 101 Å². The van der Waals surface area contributed by atoms with Crippen LogP contribution in [0.15, 0.2) is 48.7 Å². The summed E-state index contributed by atoms with van der Waals surface area (Å²) in [5, 5.41) is 3.06. The smallest absolute Gasteiger partial charge is 0.253 e. The molecule has 2 amide bonds. The van der Waals surface area contributed by atoms with Crippen LogP contribution in [-0.4, -0.2) is 65.4 Å². The number of anilines is 1. The van der Waals surface area contributed by atoms with E-state index in [1.807, 2.05) is 26.0 Å². The Labute approximate surface area is 243 Å². The first-order valence-electron chi connectivity index (χ1n) is 13.0. The van der Waals surface area contributed by atoms with Crippen molar-refractivity contribution in [2.75, 3.05) is 38.5 Å². The van der Waals surface area contributed by atoms with E-state index in [0.29, 0.717) is 49.6 Å². The van der Waals surface area contributed by atoms with Crippen LogP contribution in [0.4, 0.5) is 10.2 Å². The summed E-state index contributed by atoms with van der Waals surface area (Å²) in [6.07, 6.45) is 0.917. The van der Waals surface area contributed by atoms with Gasteiger partial charge in [-0.1, -0.05) is 35.3 Å². The Kier molecular flexibility index (Phi) is 9.50. The van der Waals surface area contributed by atoms with Crippen LogP contribution in [0.1, 0.15) is 42.8 Å². The van der Waals surface area contributed by atoms with E-state index < -0.39 is 11.9 Å². The third kappa shape index (κ3) is 7.02. The lowest BCUT2D eigenvalue weighted by Crippen LogP contribution is -2.51.